The molecule has 0 unspecified atom stereocenters. The Morgan fingerprint density at radius 3 is 2.93 bits per heavy atom. The Balaban J connectivity index is 2.24. The fourth-order valence-corrected chi connectivity index (χ4v) is 1.98. The molecule has 0 aliphatic carbocycles. The molecule has 0 amide bonds. The molecule has 1 aliphatic rings. The van der Waals surface area contributed by atoms with E-state index in [2.05, 4.69) is 20.1 Å². The molecule has 3 rings (SSSR count). The standard InChI is InChI=1S/C9H11N5O/c15-9-12-11-7-3-4-10-8(14(7)9)13-5-1-2-6-13/h3-4H,1-2,5-6H2,(H,12,15). The second-order valence-corrected chi connectivity index (χ2v) is 3.66. The molecule has 78 valence electrons. The van der Waals surface area contributed by atoms with Crippen molar-refractivity contribution in [3.05, 3.63) is 22.7 Å². The molecular formula is C9H11N5O. The van der Waals surface area contributed by atoms with Gasteiger partial charge in [0.05, 0.1) is 0 Å². The lowest BCUT2D eigenvalue weighted by molar-refractivity contribution is 0.862. The molecule has 15 heavy (non-hydrogen) atoms. The van der Waals surface area contributed by atoms with Crippen LogP contribution in [-0.4, -0.2) is 32.7 Å². The Bertz CT molecular complexity index is 537. The van der Waals surface area contributed by atoms with Crippen molar-refractivity contribution in [2.24, 2.45) is 0 Å². The minimum atomic E-state index is -0.222. The zero-order valence-electron chi connectivity index (χ0n) is 8.18. The molecule has 0 atom stereocenters. The average molecular weight is 205 g/mol. The highest BCUT2D eigenvalue weighted by Crippen LogP contribution is 2.16. The van der Waals surface area contributed by atoms with Crippen LogP contribution in [0, 0.1) is 0 Å². The number of anilines is 1. The molecule has 0 aromatic carbocycles. The van der Waals surface area contributed by atoms with Crippen LogP contribution in [0.2, 0.25) is 0 Å². The van der Waals surface area contributed by atoms with Crippen LogP contribution < -0.4 is 10.6 Å². The molecular weight excluding hydrogens is 194 g/mol. The largest absolute Gasteiger partial charge is 0.350 e. The molecule has 1 fully saturated rings. The molecule has 0 radical (unpaired) electrons. The maximum Gasteiger partial charge on any atom is 0.350 e. The van der Waals surface area contributed by atoms with Gasteiger partial charge in [-0.2, -0.15) is 5.10 Å². The van der Waals surface area contributed by atoms with Crippen molar-refractivity contribution in [2.45, 2.75) is 12.8 Å². The average Bonchev–Trinajstić information content (AvgIpc) is 2.88. The Morgan fingerprint density at radius 1 is 1.33 bits per heavy atom. The number of H-pyrrole nitrogens is 1. The van der Waals surface area contributed by atoms with Gasteiger partial charge in [-0.1, -0.05) is 0 Å². The fourth-order valence-electron chi connectivity index (χ4n) is 1.98. The predicted octanol–water partition coefficient (Wildman–Crippen LogP) is 0.0178. The van der Waals surface area contributed by atoms with Gasteiger partial charge < -0.3 is 4.90 Å². The first-order valence-electron chi connectivity index (χ1n) is 5.03. The van der Waals surface area contributed by atoms with E-state index in [4.69, 9.17) is 0 Å². The van der Waals surface area contributed by atoms with E-state index < -0.39 is 0 Å². The van der Waals surface area contributed by atoms with E-state index in [0.29, 0.717) is 11.6 Å². The van der Waals surface area contributed by atoms with Crippen LogP contribution in [0.3, 0.4) is 0 Å². The van der Waals surface area contributed by atoms with Gasteiger partial charge in [-0.05, 0) is 12.8 Å². The van der Waals surface area contributed by atoms with E-state index in [1.807, 2.05) is 0 Å². The van der Waals surface area contributed by atoms with Gasteiger partial charge >= 0.3 is 5.69 Å². The molecule has 0 saturated carbocycles. The first kappa shape index (κ1) is 8.46. The summed E-state index contributed by atoms with van der Waals surface area (Å²) in [5, 5.41) is 6.34. The lowest BCUT2D eigenvalue weighted by atomic mass is 10.4. The predicted molar refractivity (Wildman–Crippen MR) is 55.1 cm³/mol. The number of hydrogen-bond donors (Lipinski definition) is 1. The van der Waals surface area contributed by atoms with Crippen molar-refractivity contribution >= 4 is 11.6 Å². The summed E-state index contributed by atoms with van der Waals surface area (Å²) in [6, 6.07) is 1.72. The topological polar surface area (TPSA) is 66.3 Å². The van der Waals surface area contributed by atoms with Gasteiger partial charge in [0.15, 0.2) is 5.65 Å². The number of nitrogens with one attached hydrogen (secondary N) is 1. The molecule has 0 spiro atoms. The summed E-state index contributed by atoms with van der Waals surface area (Å²) < 4.78 is 1.52. The minimum Gasteiger partial charge on any atom is -0.342 e. The van der Waals surface area contributed by atoms with Gasteiger partial charge in [0.25, 0.3) is 0 Å². The zero-order valence-corrected chi connectivity index (χ0v) is 8.18. The second kappa shape index (κ2) is 3.08. The maximum absolute atomic E-state index is 11.5. The van der Waals surface area contributed by atoms with Gasteiger partial charge in [-0.3, -0.25) is 0 Å². The summed E-state index contributed by atoms with van der Waals surface area (Å²) in [6.45, 7) is 1.92. The summed E-state index contributed by atoms with van der Waals surface area (Å²) in [6.07, 6.45) is 4.00. The molecule has 2 aromatic heterocycles. The summed E-state index contributed by atoms with van der Waals surface area (Å²) in [5.41, 5.74) is 0.400. The van der Waals surface area contributed by atoms with Crippen molar-refractivity contribution in [3.8, 4) is 0 Å². The molecule has 1 saturated heterocycles. The van der Waals surface area contributed by atoms with E-state index in [1.165, 1.54) is 4.40 Å². The Hall–Kier alpha value is -1.85. The molecule has 0 bridgehead atoms. The number of hydrogen-bond acceptors (Lipinski definition) is 4. The second-order valence-electron chi connectivity index (χ2n) is 3.66. The molecule has 2 aromatic rings. The van der Waals surface area contributed by atoms with Gasteiger partial charge in [0, 0.05) is 25.4 Å². The van der Waals surface area contributed by atoms with Crippen molar-refractivity contribution in [2.75, 3.05) is 18.0 Å². The Kier molecular flexibility index (Phi) is 1.74. The van der Waals surface area contributed by atoms with E-state index in [9.17, 15) is 4.79 Å². The molecule has 3 heterocycles. The zero-order chi connectivity index (χ0) is 10.3. The molecule has 1 aliphatic heterocycles. The van der Waals surface area contributed by atoms with Crippen LogP contribution in [0.25, 0.3) is 5.65 Å². The third-order valence-electron chi connectivity index (χ3n) is 2.70. The number of aromatic amines is 1. The van der Waals surface area contributed by atoms with Crippen molar-refractivity contribution < 1.29 is 0 Å². The SMILES string of the molecule is O=c1[nH]nc2ccnc(N3CCCC3)n12. The maximum atomic E-state index is 11.5. The monoisotopic (exact) mass is 205 g/mol. The lowest BCUT2D eigenvalue weighted by Crippen LogP contribution is -2.25. The van der Waals surface area contributed by atoms with Crippen LogP contribution >= 0.6 is 0 Å². The van der Waals surface area contributed by atoms with Crippen LogP contribution in [0.15, 0.2) is 17.1 Å². The summed E-state index contributed by atoms with van der Waals surface area (Å²) in [7, 11) is 0. The lowest BCUT2D eigenvalue weighted by Gasteiger charge is -2.16. The van der Waals surface area contributed by atoms with E-state index in [1.54, 1.807) is 12.3 Å². The summed E-state index contributed by atoms with van der Waals surface area (Å²) in [5.74, 6) is 0.698. The molecule has 1 N–H and O–H groups in total. The van der Waals surface area contributed by atoms with Crippen molar-refractivity contribution in [1.82, 2.24) is 19.6 Å². The normalized spacial score (nSPS) is 16.4. The third kappa shape index (κ3) is 1.21. The van der Waals surface area contributed by atoms with Gasteiger partial charge in [-0.15, -0.1) is 0 Å². The highest BCUT2D eigenvalue weighted by molar-refractivity contribution is 5.45. The van der Waals surface area contributed by atoms with Gasteiger partial charge in [0.2, 0.25) is 5.95 Å². The number of nitrogens with zero attached hydrogens (tertiary/aromatic N) is 4. The third-order valence-corrected chi connectivity index (χ3v) is 2.70. The number of rotatable bonds is 1. The quantitative estimate of drug-likeness (QED) is 0.712. The van der Waals surface area contributed by atoms with E-state index in [-0.39, 0.29) is 5.69 Å². The minimum absolute atomic E-state index is 0.222. The highest BCUT2D eigenvalue weighted by atomic mass is 16.1. The first-order valence-corrected chi connectivity index (χ1v) is 5.03. The smallest absolute Gasteiger partial charge is 0.342 e. The summed E-state index contributed by atoms with van der Waals surface area (Å²) in [4.78, 5) is 17.9. The molecule has 6 nitrogen and oxygen atoms in total. The van der Waals surface area contributed by atoms with E-state index >= 15 is 0 Å². The number of fused-ring (bicyclic) bond motifs is 1. The Labute approximate surface area is 85.6 Å². The van der Waals surface area contributed by atoms with Crippen molar-refractivity contribution in [1.29, 1.82) is 0 Å². The van der Waals surface area contributed by atoms with Gasteiger partial charge in [0.1, 0.15) is 0 Å². The van der Waals surface area contributed by atoms with Crippen LogP contribution in [-0.2, 0) is 0 Å². The Morgan fingerprint density at radius 2 is 2.13 bits per heavy atom. The van der Waals surface area contributed by atoms with Crippen LogP contribution in [0.5, 0.6) is 0 Å². The fraction of sp³-hybridized carbons (Fsp3) is 0.444. The van der Waals surface area contributed by atoms with Crippen LogP contribution in [0.4, 0.5) is 5.95 Å². The number of aromatic nitrogens is 4. The van der Waals surface area contributed by atoms with E-state index in [0.717, 1.165) is 25.9 Å². The van der Waals surface area contributed by atoms with Crippen LogP contribution in [0.1, 0.15) is 12.8 Å². The van der Waals surface area contributed by atoms with Crippen molar-refractivity contribution in [3.63, 3.8) is 0 Å². The van der Waals surface area contributed by atoms with Gasteiger partial charge in [-0.25, -0.2) is 19.3 Å². The first-order chi connectivity index (χ1) is 7.36. The summed E-state index contributed by atoms with van der Waals surface area (Å²) >= 11 is 0. The molecule has 6 heteroatoms. The highest BCUT2D eigenvalue weighted by Gasteiger charge is 2.17.